The maximum absolute atomic E-state index is 5.28. The van der Waals surface area contributed by atoms with Crippen LogP contribution in [0.25, 0.3) is 0 Å². The van der Waals surface area contributed by atoms with E-state index < -0.39 is 0 Å². The third-order valence-corrected chi connectivity index (χ3v) is 3.86. The van der Waals surface area contributed by atoms with Crippen molar-refractivity contribution in [2.75, 3.05) is 12.4 Å². The zero-order valence-electron chi connectivity index (χ0n) is 11.4. The average molecular weight is 253 g/mol. The van der Waals surface area contributed by atoms with Gasteiger partial charge < -0.3 is 10.1 Å². The zero-order chi connectivity index (χ0) is 13.2. The van der Waals surface area contributed by atoms with Crippen LogP contribution in [-0.2, 0) is 12.8 Å². The van der Waals surface area contributed by atoms with E-state index in [9.17, 15) is 0 Å². The van der Waals surface area contributed by atoms with Gasteiger partial charge in [0.15, 0.2) is 0 Å². The zero-order valence-corrected chi connectivity index (χ0v) is 11.4. The molecular weight excluding hydrogens is 234 g/mol. The Morgan fingerprint density at radius 1 is 1.16 bits per heavy atom. The summed E-state index contributed by atoms with van der Waals surface area (Å²) in [5.74, 6) is 0.933. The lowest BCUT2D eigenvalue weighted by Gasteiger charge is -2.12. The minimum Gasteiger partial charge on any atom is -0.497 e. The minimum atomic E-state index is 0.382. The molecule has 98 valence electrons. The molecule has 2 aromatic carbocycles. The van der Waals surface area contributed by atoms with Crippen LogP contribution in [0.4, 0.5) is 5.69 Å². The van der Waals surface area contributed by atoms with Crippen molar-refractivity contribution < 1.29 is 4.74 Å². The second-order valence-corrected chi connectivity index (χ2v) is 5.02. The molecule has 1 unspecified atom stereocenters. The normalized spacial score (nSPS) is 16.8. The summed E-state index contributed by atoms with van der Waals surface area (Å²) in [6.07, 6.45) is 2.12. The van der Waals surface area contributed by atoms with Crippen molar-refractivity contribution in [3.8, 4) is 5.75 Å². The molecule has 1 aliphatic rings. The molecular formula is C17H19NO. The molecule has 0 radical (unpaired) electrons. The molecule has 0 fully saturated rings. The highest BCUT2D eigenvalue weighted by Crippen LogP contribution is 2.36. The van der Waals surface area contributed by atoms with Crippen LogP contribution in [0.3, 0.4) is 0 Å². The molecule has 0 saturated heterocycles. The van der Waals surface area contributed by atoms with Crippen molar-refractivity contribution in [2.45, 2.75) is 25.8 Å². The molecule has 0 spiro atoms. The summed E-state index contributed by atoms with van der Waals surface area (Å²) >= 11 is 0. The van der Waals surface area contributed by atoms with E-state index in [0.717, 1.165) is 18.6 Å². The number of hydrogen-bond donors (Lipinski definition) is 1. The summed E-state index contributed by atoms with van der Waals surface area (Å²) in [5, 5.41) is 3.58. The van der Waals surface area contributed by atoms with Gasteiger partial charge in [0, 0.05) is 5.69 Å². The average Bonchev–Trinajstić information content (AvgIpc) is 2.90. The fourth-order valence-corrected chi connectivity index (χ4v) is 2.65. The summed E-state index contributed by atoms with van der Waals surface area (Å²) in [7, 11) is 1.71. The van der Waals surface area contributed by atoms with Crippen LogP contribution in [0.1, 0.15) is 29.7 Å². The largest absolute Gasteiger partial charge is 0.497 e. The Kier molecular flexibility index (Phi) is 3.16. The van der Waals surface area contributed by atoms with Gasteiger partial charge in [-0.15, -0.1) is 0 Å². The Labute approximate surface area is 114 Å². The fraction of sp³-hybridized carbons (Fsp3) is 0.294. The van der Waals surface area contributed by atoms with Crippen molar-refractivity contribution in [1.82, 2.24) is 0 Å². The first kappa shape index (κ1) is 12.1. The third-order valence-electron chi connectivity index (χ3n) is 3.86. The fourth-order valence-electron chi connectivity index (χ4n) is 2.65. The van der Waals surface area contributed by atoms with E-state index in [0.29, 0.717) is 6.04 Å². The molecule has 0 bridgehead atoms. The molecule has 2 nitrogen and oxygen atoms in total. The van der Waals surface area contributed by atoms with Gasteiger partial charge in [-0.3, -0.25) is 0 Å². The number of ether oxygens (including phenoxy) is 1. The highest BCUT2D eigenvalue weighted by Gasteiger charge is 2.22. The SMILES string of the molecule is CCc1ccc(C2Cc3cc(OC)ccc3N2)cc1. The first-order valence-corrected chi connectivity index (χ1v) is 6.82. The molecule has 0 saturated carbocycles. The molecule has 19 heavy (non-hydrogen) atoms. The highest BCUT2D eigenvalue weighted by molar-refractivity contribution is 5.60. The van der Waals surface area contributed by atoms with Crippen molar-refractivity contribution in [3.63, 3.8) is 0 Å². The summed E-state index contributed by atoms with van der Waals surface area (Å²) in [4.78, 5) is 0. The van der Waals surface area contributed by atoms with Gasteiger partial charge in [0.2, 0.25) is 0 Å². The van der Waals surface area contributed by atoms with Gasteiger partial charge in [0.25, 0.3) is 0 Å². The maximum Gasteiger partial charge on any atom is 0.119 e. The predicted octanol–water partition coefficient (Wildman–Crippen LogP) is 3.97. The van der Waals surface area contributed by atoms with E-state index in [4.69, 9.17) is 4.74 Å². The maximum atomic E-state index is 5.28. The Morgan fingerprint density at radius 2 is 1.95 bits per heavy atom. The van der Waals surface area contributed by atoms with Gasteiger partial charge in [-0.05, 0) is 47.7 Å². The third kappa shape index (κ3) is 2.30. The standard InChI is InChI=1S/C17H19NO/c1-3-12-4-6-13(7-5-12)17-11-14-10-15(19-2)8-9-16(14)18-17/h4-10,17-18H,3,11H2,1-2H3. The minimum absolute atomic E-state index is 0.382. The van der Waals surface area contributed by atoms with Crippen LogP contribution in [0.15, 0.2) is 42.5 Å². The highest BCUT2D eigenvalue weighted by atomic mass is 16.5. The molecule has 2 heteroatoms. The molecule has 0 aliphatic carbocycles. The number of hydrogen-bond acceptors (Lipinski definition) is 2. The molecule has 2 aromatic rings. The topological polar surface area (TPSA) is 21.3 Å². The molecule has 1 aliphatic heterocycles. The second kappa shape index (κ2) is 4.96. The Morgan fingerprint density at radius 3 is 2.63 bits per heavy atom. The first-order chi connectivity index (χ1) is 9.30. The van der Waals surface area contributed by atoms with E-state index in [1.807, 2.05) is 6.07 Å². The van der Waals surface area contributed by atoms with E-state index in [1.165, 1.54) is 22.4 Å². The van der Waals surface area contributed by atoms with Crippen molar-refractivity contribution in [1.29, 1.82) is 0 Å². The number of fused-ring (bicyclic) bond motifs is 1. The van der Waals surface area contributed by atoms with Crippen molar-refractivity contribution in [2.24, 2.45) is 0 Å². The molecule has 0 amide bonds. The van der Waals surface area contributed by atoms with Gasteiger partial charge in [0.05, 0.1) is 13.2 Å². The summed E-state index contributed by atoms with van der Waals surface area (Å²) in [6.45, 7) is 2.19. The van der Waals surface area contributed by atoms with E-state index >= 15 is 0 Å². The van der Waals surface area contributed by atoms with Crippen LogP contribution in [0.5, 0.6) is 5.75 Å². The summed E-state index contributed by atoms with van der Waals surface area (Å²) in [6, 6.07) is 15.5. The molecule has 1 heterocycles. The number of nitrogens with one attached hydrogen (secondary N) is 1. The van der Waals surface area contributed by atoms with Gasteiger partial charge in [0.1, 0.15) is 5.75 Å². The predicted molar refractivity (Wildman–Crippen MR) is 78.9 cm³/mol. The van der Waals surface area contributed by atoms with Crippen LogP contribution >= 0.6 is 0 Å². The van der Waals surface area contributed by atoms with Gasteiger partial charge in [-0.2, -0.15) is 0 Å². The Balaban J connectivity index is 1.82. The quantitative estimate of drug-likeness (QED) is 0.893. The van der Waals surface area contributed by atoms with E-state index in [2.05, 4.69) is 48.6 Å². The number of rotatable bonds is 3. The monoisotopic (exact) mass is 253 g/mol. The number of benzene rings is 2. The Hall–Kier alpha value is -1.96. The van der Waals surface area contributed by atoms with Crippen molar-refractivity contribution in [3.05, 3.63) is 59.2 Å². The molecule has 0 aromatic heterocycles. The van der Waals surface area contributed by atoms with Crippen LogP contribution < -0.4 is 10.1 Å². The van der Waals surface area contributed by atoms with Crippen LogP contribution in [-0.4, -0.2) is 7.11 Å². The number of anilines is 1. The Bertz CT molecular complexity index is 574. The lowest BCUT2D eigenvalue weighted by Crippen LogP contribution is -2.05. The van der Waals surface area contributed by atoms with E-state index in [-0.39, 0.29) is 0 Å². The first-order valence-electron chi connectivity index (χ1n) is 6.82. The molecule has 1 N–H and O–H groups in total. The van der Waals surface area contributed by atoms with Gasteiger partial charge in [-0.25, -0.2) is 0 Å². The molecule has 1 atom stereocenters. The summed E-state index contributed by atoms with van der Waals surface area (Å²) in [5.41, 5.74) is 5.31. The number of methoxy groups -OCH3 is 1. The number of aryl methyl sites for hydroxylation is 1. The van der Waals surface area contributed by atoms with Gasteiger partial charge >= 0.3 is 0 Å². The van der Waals surface area contributed by atoms with Crippen LogP contribution in [0, 0.1) is 0 Å². The van der Waals surface area contributed by atoms with Crippen molar-refractivity contribution >= 4 is 5.69 Å². The second-order valence-electron chi connectivity index (χ2n) is 5.02. The smallest absolute Gasteiger partial charge is 0.119 e. The van der Waals surface area contributed by atoms with E-state index in [1.54, 1.807) is 7.11 Å². The lowest BCUT2D eigenvalue weighted by atomic mass is 10.0. The van der Waals surface area contributed by atoms with Crippen LogP contribution in [0.2, 0.25) is 0 Å². The van der Waals surface area contributed by atoms with Gasteiger partial charge in [-0.1, -0.05) is 31.2 Å². The molecule has 3 rings (SSSR count). The summed E-state index contributed by atoms with van der Waals surface area (Å²) < 4.78 is 5.28. The lowest BCUT2D eigenvalue weighted by molar-refractivity contribution is 0.414.